The van der Waals surface area contributed by atoms with Crippen LogP contribution in [0.1, 0.15) is 23.9 Å². The number of furan rings is 1. The van der Waals surface area contributed by atoms with Gasteiger partial charge < -0.3 is 14.6 Å². The molecule has 0 aliphatic carbocycles. The average Bonchev–Trinajstić information content (AvgIpc) is 3.16. The molecule has 5 heteroatoms. The van der Waals surface area contributed by atoms with Crippen LogP contribution in [0.25, 0.3) is 0 Å². The highest BCUT2D eigenvalue weighted by Gasteiger charge is 2.18. The normalized spacial score (nSPS) is 16.8. The first-order valence-electron chi connectivity index (χ1n) is 8.59. The van der Waals surface area contributed by atoms with Gasteiger partial charge in [0.15, 0.2) is 5.76 Å². The van der Waals surface area contributed by atoms with Crippen molar-refractivity contribution < 1.29 is 9.21 Å². The smallest absolute Gasteiger partial charge is 0.287 e. The van der Waals surface area contributed by atoms with E-state index in [0.29, 0.717) is 5.76 Å². The largest absolute Gasteiger partial charge is 0.459 e. The lowest BCUT2D eigenvalue weighted by Gasteiger charge is -2.36. The van der Waals surface area contributed by atoms with E-state index < -0.39 is 0 Å². The Kier molecular flexibility index (Phi) is 5.54. The number of hydrogen-bond acceptors (Lipinski definition) is 4. The summed E-state index contributed by atoms with van der Waals surface area (Å²) in [5.41, 5.74) is 1.30. The molecule has 0 bridgehead atoms. The highest BCUT2D eigenvalue weighted by atomic mass is 16.3. The van der Waals surface area contributed by atoms with E-state index in [1.54, 1.807) is 12.1 Å². The fourth-order valence-corrected chi connectivity index (χ4v) is 3.02. The minimum absolute atomic E-state index is 0.134. The van der Waals surface area contributed by atoms with Crippen molar-refractivity contribution >= 4 is 11.6 Å². The van der Waals surface area contributed by atoms with Crippen molar-refractivity contribution in [2.75, 3.05) is 37.6 Å². The number of amides is 1. The summed E-state index contributed by atoms with van der Waals surface area (Å²) in [7, 11) is 0. The van der Waals surface area contributed by atoms with Crippen molar-refractivity contribution in [2.24, 2.45) is 0 Å². The van der Waals surface area contributed by atoms with Crippen molar-refractivity contribution in [1.29, 1.82) is 0 Å². The van der Waals surface area contributed by atoms with Crippen LogP contribution < -0.4 is 10.2 Å². The first kappa shape index (κ1) is 16.6. The van der Waals surface area contributed by atoms with Crippen LogP contribution in [0.4, 0.5) is 5.69 Å². The van der Waals surface area contributed by atoms with E-state index in [1.807, 2.05) is 6.92 Å². The van der Waals surface area contributed by atoms with Gasteiger partial charge in [0.2, 0.25) is 0 Å². The summed E-state index contributed by atoms with van der Waals surface area (Å²) in [5, 5.41) is 2.99. The summed E-state index contributed by atoms with van der Waals surface area (Å²) < 4.78 is 5.12. The molecular weight excluding hydrogens is 302 g/mol. The molecule has 1 aliphatic heterocycles. The number of nitrogens with one attached hydrogen (secondary N) is 1. The first-order valence-corrected chi connectivity index (χ1v) is 8.59. The molecule has 0 radical (unpaired) electrons. The molecule has 0 unspecified atom stereocenters. The average molecular weight is 327 g/mol. The Morgan fingerprint density at radius 3 is 2.54 bits per heavy atom. The monoisotopic (exact) mass is 327 g/mol. The summed E-state index contributed by atoms with van der Waals surface area (Å²) >= 11 is 0. The zero-order valence-electron chi connectivity index (χ0n) is 14.1. The zero-order valence-corrected chi connectivity index (χ0v) is 14.1. The molecule has 5 nitrogen and oxygen atoms in total. The van der Waals surface area contributed by atoms with Crippen LogP contribution >= 0.6 is 0 Å². The third-order valence-electron chi connectivity index (χ3n) is 4.49. The van der Waals surface area contributed by atoms with Gasteiger partial charge in [0.05, 0.1) is 6.26 Å². The van der Waals surface area contributed by atoms with E-state index in [9.17, 15) is 4.79 Å². The fraction of sp³-hybridized carbons (Fsp3) is 0.421. The lowest BCUT2D eigenvalue weighted by atomic mass is 10.2. The Hall–Kier alpha value is -2.27. The van der Waals surface area contributed by atoms with Gasteiger partial charge in [-0.05, 0) is 37.6 Å². The number of para-hydroxylation sites is 1. The number of hydrogen-bond donors (Lipinski definition) is 1. The van der Waals surface area contributed by atoms with E-state index in [-0.39, 0.29) is 11.9 Å². The molecule has 1 N–H and O–H groups in total. The minimum atomic E-state index is -0.138. The topological polar surface area (TPSA) is 48.7 Å². The molecule has 1 saturated heterocycles. The molecule has 1 aromatic carbocycles. The minimum Gasteiger partial charge on any atom is -0.459 e. The summed E-state index contributed by atoms with van der Waals surface area (Å²) in [4.78, 5) is 16.8. The Morgan fingerprint density at radius 1 is 1.12 bits per heavy atom. The maximum atomic E-state index is 11.9. The van der Waals surface area contributed by atoms with Crippen molar-refractivity contribution in [3.8, 4) is 0 Å². The number of carbonyl (C=O) groups excluding carboxylic acids is 1. The third kappa shape index (κ3) is 4.38. The zero-order chi connectivity index (χ0) is 16.8. The molecule has 128 valence electrons. The van der Waals surface area contributed by atoms with Crippen LogP contribution in [0.15, 0.2) is 53.1 Å². The molecule has 2 aromatic rings. The molecule has 1 aromatic heterocycles. The van der Waals surface area contributed by atoms with Gasteiger partial charge in [0.25, 0.3) is 5.91 Å². The van der Waals surface area contributed by atoms with Crippen molar-refractivity contribution in [2.45, 2.75) is 19.4 Å². The Balaban J connectivity index is 1.38. The molecule has 24 heavy (non-hydrogen) atoms. The lowest BCUT2D eigenvalue weighted by Crippen LogP contribution is -2.47. The van der Waals surface area contributed by atoms with E-state index in [2.05, 4.69) is 45.4 Å². The Labute approximate surface area is 143 Å². The van der Waals surface area contributed by atoms with Crippen LogP contribution in [-0.4, -0.2) is 49.6 Å². The molecule has 1 atom stereocenters. The van der Waals surface area contributed by atoms with Gasteiger partial charge >= 0.3 is 0 Å². The Morgan fingerprint density at radius 2 is 1.88 bits per heavy atom. The van der Waals surface area contributed by atoms with E-state index >= 15 is 0 Å². The fourth-order valence-electron chi connectivity index (χ4n) is 3.02. The predicted octanol–water partition coefficient (Wildman–Crippen LogP) is 2.61. The van der Waals surface area contributed by atoms with Crippen molar-refractivity contribution in [3.05, 3.63) is 54.5 Å². The molecule has 0 saturated carbocycles. The van der Waals surface area contributed by atoms with Gasteiger partial charge in [-0.25, -0.2) is 0 Å². The first-order chi connectivity index (χ1) is 11.7. The SMILES string of the molecule is C[C@@H](CCN1CCN(c2ccccc2)CC1)NC(=O)c1ccco1. The van der Waals surface area contributed by atoms with Gasteiger partial charge in [-0.2, -0.15) is 0 Å². The molecule has 1 aliphatic rings. The highest BCUT2D eigenvalue weighted by Crippen LogP contribution is 2.15. The lowest BCUT2D eigenvalue weighted by molar-refractivity contribution is 0.0907. The standard InChI is InChI=1S/C19H25N3O2/c1-16(20-19(23)18-8-5-15-24-18)9-10-21-11-13-22(14-12-21)17-6-3-2-4-7-17/h2-8,15-16H,9-14H2,1H3,(H,20,23)/t16-/m0/s1. The van der Waals surface area contributed by atoms with Gasteiger partial charge in [-0.3, -0.25) is 9.69 Å². The van der Waals surface area contributed by atoms with Gasteiger partial charge in [0, 0.05) is 44.5 Å². The molecule has 1 amide bonds. The number of rotatable bonds is 6. The van der Waals surface area contributed by atoms with Gasteiger partial charge in [-0.1, -0.05) is 18.2 Å². The van der Waals surface area contributed by atoms with Crippen LogP contribution in [0.3, 0.4) is 0 Å². The second kappa shape index (κ2) is 8.02. The number of anilines is 1. The van der Waals surface area contributed by atoms with E-state index in [1.165, 1.54) is 12.0 Å². The second-order valence-corrected chi connectivity index (χ2v) is 6.30. The van der Waals surface area contributed by atoms with Crippen LogP contribution in [-0.2, 0) is 0 Å². The summed E-state index contributed by atoms with van der Waals surface area (Å²) in [6.07, 6.45) is 2.46. The number of carbonyl (C=O) groups is 1. The number of benzene rings is 1. The van der Waals surface area contributed by atoms with Crippen LogP contribution in [0.5, 0.6) is 0 Å². The molecule has 3 rings (SSSR count). The quantitative estimate of drug-likeness (QED) is 0.886. The summed E-state index contributed by atoms with van der Waals surface area (Å²) in [6, 6.07) is 14.1. The van der Waals surface area contributed by atoms with Gasteiger partial charge in [0.1, 0.15) is 0 Å². The van der Waals surface area contributed by atoms with E-state index in [4.69, 9.17) is 4.42 Å². The van der Waals surface area contributed by atoms with Crippen molar-refractivity contribution in [3.63, 3.8) is 0 Å². The number of piperazine rings is 1. The number of nitrogens with zero attached hydrogens (tertiary/aromatic N) is 2. The molecular formula is C19H25N3O2. The summed E-state index contributed by atoms with van der Waals surface area (Å²) in [5.74, 6) is 0.236. The highest BCUT2D eigenvalue weighted by molar-refractivity contribution is 5.91. The van der Waals surface area contributed by atoms with Gasteiger partial charge in [-0.15, -0.1) is 0 Å². The molecule has 1 fully saturated rings. The third-order valence-corrected chi connectivity index (χ3v) is 4.49. The van der Waals surface area contributed by atoms with Crippen LogP contribution in [0, 0.1) is 0 Å². The van der Waals surface area contributed by atoms with Crippen LogP contribution in [0.2, 0.25) is 0 Å². The molecule has 0 spiro atoms. The van der Waals surface area contributed by atoms with E-state index in [0.717, 1.165) is 39.1 Å². The maximum Gasteiger partial charge on any atom is 0.287 e. The maximum absolute atomic E-state index is 11.9. The predicted molar refractivity (Wildman–Crippen MR) is 95.3 cm³/mol. The second-order valence-electron chi connectivity index (χ2n) is 6.30. The Bertz CT molecular complexity index is 619. The van der Waals surface area contributed by atoms with Crippen molar-refractivity contribution in [1.82, 2.24) is 10.2 Å². The molecule has 2 heterocycles. The summed E-state index contributed by atoms with van der Waals surface area (Å²) in [6.45, 7) is 7.28.